The number of rotatable bonds is 12. The molecule has 2 atom stereocenters. The number of aryl methyl sites for hydroxylation is 1. The number of carbonyl (C=O) groups is 2. The van der Waals surface area contributed by atoms with Crippen molar-refractivity contribution >= 4 is 56.4 Å². The van der Waals surface area contributed by atoms with E-state index in [2.05, 4.69) is 5.32 Å². The summed E-state index contributed by atoms with van der Waals surface area (Å²) in [5, 5.41) is 14.8. The number of sulfonamides is 1. The molecule has 0 saturated carbocycles. The molecule has 0 aliphatic carbocycles. The van der Waals surface area contributed by atoms with E-state index < -0.39 is 33.4 Å². The average Bonchev–Trinajstić information content (AvgIpc) is 2.83. The summed E-state index contributed by atoms with van der Waals surface area (Å²) in [7, 11) is -4.05. The number of amides is 2. The lowest BCUT2D eigenvalue weighted by molar-refractivity contribution is -0.384. The summed E-state index contributed by atoms with van der Waals surface area (Å²) in [6.45, 7) is 6.36. The quantitative estimate of drug-likeness (QED) is 0.283. The smallest absolute Gasteiger partial charge is 0.271 e. The van der Waals surface area contributed by atoms with Crippen molar-refractivity contribution in [1.29, 1.82) is 0 Å². The Morgan fingerprint density at radius 3 is 2.26 bits per heavy atom. The van der Waals surface area contributed by atoms with Crippen molar-refractivity contribution in [2.24, 2.45) is 0 Å². The third kappa shape index (κ3) is 8.05. The fourth-order valence-corrected chi connectivity index (χ4v) is 4.99. The third-order valence-corrected chi connectivity index (χ3v) is 7.94. The van der Waals surface area contributed by atoms with E-state index in [9.17, 15) is 28.1 Å². The van der Waals surface area contributed by atoms with Crippen molar-refractivity contribution in [3.8, 4) is 0 Å². The van der Waals surface area contributed by atoms with E-state index in [-0.39, 0.29) is 41.3 Å². The number of hydrogen-bond donors (Lipinski definition) is 1. The van der Waals surface area contributed by atoms with Crippen LogP contribution in [0.1, 0.15) is 44.7 Å². The second-order valence-corrected chi connectivity index (χ2v) is 11.7. The molecule has 0 unspecified atom stereocenters. The third-order valence-electron chi connectivity index (χ3n) is 6.08. The van der Waals surface area contributed by atoms with Gasteiger partial charge in [0, 0.05) is 24.7 Å². The Labute approximate surface area is 233 Å². The van der Waals surface area contributed by atoms with Gasteiger partial charge in [-0.1, -0.05) is 49.2 Å². The van der Waals surface area contributed by atoms with Crippen molar-refractivity contribution in [2.45, 2.75) is 59.2 Å². The van der Waals surface area contributed by atoms with Gasteiger partial charge >= 0.3 is 0 Å². The summed E-state index contributed by atoms with van der Waals surface area (Å²) in [6, 6.07) is 7.52. The molecule has 2 aromatic carbocycles. The number of hydrogen-bond acceptors (Lipinski definition) is 6. The molecule has 13 heteroatoms. The van der Waals surface area contributed by atoms with E-state index in [0.717, 1.165) is 16.6 Å². The van der Waals surface area contributed by atoms with Crippen LogP contribution in [0.4, 0.5) is 11.4 Å². The van der Waals surface area contributed by atoms with Gasteiger partial charge in [-0.3, -0.25) is 24.0 Å². The van der Waals surface area contributed by atoms with E-state index in [0.29, 0.717) is 22.6 Å². The number of nitrogens with zero attached hydrogens (tertiary/aromatic N) is 3. The summed E-state index contributed by atoms with van der Waals surface area (Å²) < 4.78 is 26.4. The number of nitrogens with one attached hydrogen (secondary N) is 1. The van der Waals surface area contributed by atoms with Crippen molar-refractivity contribution in [2.75, 3.05) is 17.1 Å². The Morgan fingerprint density at radius 1 is 1.08 bits per heavy atom. The van der Waals surface area contributed by atoms with Gasteiger partial charge in [-0.05, 0) is 49.9 Å². The molecule has 2 aromatic rings. The van der Waals surface area contributed by atoms with Gasteiger partial charge in [0.25, 0.3) is 5.69 Å². The predicted molar refractivity (Wildman–Crippen MR) is 149 cm³/mol. The summed E-state index contributed by atoms with van der Waals surface area (Å²) in [4.78, 5) is 38.9. The predicted octanol–water partition coefficient (Wildman–Crippen LogP) is 4.70. The number of nitro benzene ring substituents is 1. The number of carbonyl (C=O) groups excluding carboxylic acids is 2. The van der Waals surface area contributed by atoms with Crippen molar-refractivity contribution in [1.82, 2.24) is 10.2 Å². The number of halogens is 2. The minimum Gasteiger partial charge on any atom is -0.352 e. The highest BCUT2D eigenvalue weighted by atomic mass is 35.5. The number of anilines is 1. The summed E-state index contributed by atoms with van der Waals surface area (Å²) in [5.74, 6) is -1.05. The highest BCUT2D eigenvalue weighted by Crippen LogP contribution is 2.28. The first kappa shape index (κ1) is 31.3. The number of non-ortho nitro benzene ring substituents is 1. The van der Waals surface area contributed by atoms with Crippen LogP contribution in [0.2, 0.25) is 10.0 Å². The molecule has 2 rings (SSSR count). The minimum atomic E-state index is -4.05. The minimum absolute atomic E-state index is 0.00152. The highest BCUT2D eigenvalue weighted by Gasteiger charge is 2.33. The lowest BCUT2D eigenvalue weighted by atomic mass is 10.1. The summed E-state index contributed by atoms with van der Waals surface area (Å²) in [5.41, 5.74) is 0.687. The van der Waals surface area contributed by atoms with E-state index in [4.69, 9.17) is 23.2 Å². The van der Waals surface area contributed by atoms with Gasteiger partial charge in [0.2, 0.25) is 21.8 Å². The van der Waals surface area contributed by atoms with Crippen LogP contribution in [0, 0.1) is 17.0 Å². The van der Waals surface area contributed by atoms with Gasteiger partial charge in [0.05, 0.1) is 26.9 Å². The Balaban J connectivity index is 2.55. The van der Waals surface area contributed by atoms with Gasteiger partial charge in [0.15, 0.2) is 0 Å². The molecule has 0 spiro atoms. The summed E-state index contributed by atoms with van der Waals surface area (Å²) in [6.07, 6.45) is 1.84. The van der Waals surface area contributed by atoms with E-state index in [1.807, 2.05) is 13.8 Å². The molecule has 38 heavy (non-hydrogen) atoms. The molecule has 208 valence electrons. The van der Waals surface area contributed by atoms with Gasteiger partial charge in [0.1, 0.15) is 12.6 Å². The number of nitro groups is 1. The fourth-order valence-electron chi connectivity index (χ4n) is 3.77. The molecule has 0 aliphatic heterocycles. The van der Waals surface area contributed by atoms with Crippen LogP contribution in [0.25, 0.3) is 0 Å². The molecule has 0 aromatic heterocycles. The topological polar surface area (TPSA) is 130 Å². The van der Waals surface area contributed by atoms with Crippen molar-refractivity contribution < 1.29 is 22.9 Å². The standard InChI is InChI=1S/C25H32Cl2N4O6S/c1-6-17(4)28-25(33)22(7-2)29(14-18-9-11-20(26)21(27)12-18)24(32)15-30(38(5,36)37)23-13-19(31(34)35)10-8-16(23)3/h8-13,17,22H,6-7,14-15H2,1-5H3,(H,28,33)/t17-,22+/m1/s1. The SMILES string of the molecule is CC[C@@H](C)NC(=O)[C@H](CC)N(Cc1ccc(Cl)c(Cl)c1)C(=O)CN(c1cc([N+](=O)[O-])ccc1C)S(C)(=O)=O. The van der Waals surface area contributed by atoms with Crippen LogP contribution in [0.15, 0.2) is 36.4 Å². The second kappa shape index (κ2) is 13.3. The van der Waals surface area contributed by atoms with Crippen LogP contribution in [0.3, 0.4) is 0 Å². The second-order valence-electron chi connectivity index (χ2n) is 9.01. The van der Waals surface area contributed by atoms with Crippen LogP contribution >= 0.6 is 23.2 Å². The Hall–Kier alpha value is -2.89. The zero-order chi connectivity index (χ0) is 28.8. The van der Waals surface area contributed by atoms with Gasteiger partial charge in [-0.2, -0.15) is 0 Å². The van der Waals surface area contributed by atoms with Crippen LogP contribution in [0.5, 0.6) is 0 Å². The summed E-state index contributed by atoms with van der Waals surface area (Å²) >= 11 is 12.2. The molecule has 0 saturated heterocycles. The highest BCUT2D eigenvalue weighted by molar-refractivity contribution is 7.92. The first-order valence-electron chi connectivity index (χ1n) is 12.0. The van der Waals surface area contributed by atoms with Gasteiger partial charge in [-0.15, -0.1) is 0 Å². The van der Waals surface area contributed by atoms with E-state index in [1.165, 1.54) is 17.0 Å². The Bertz CT molecular complexity index is 1300. The van der Waals surface area contributed by atoms with Crippen molar-refractivity contribution in [3.63, 3.8) is 0 Å². The van der Waals surface area contributed by atoms with Gasteiger partial charge in [-0.25, -0.2) is 8.42 Å². The fraction of sp³-hybridized carbons (Fsp3) is 0.440. The maximum Gasteiger partial charge on any atom is 0.271 e. The van der Waals surface area contributed by atoms with E-state index in [1.54, 1.807) is 32.0 Å². The zero-order valence-electron chi connectivity index (χ0n) is 21.9. The molecule has 0 bridgehead atoms. The lowest BCUT2D eigenvalue weighted by Crippen LogP contribution is -2.53. The molecule has 1 N–H and O–H groups in total. The first-order valence-corrected chi connectivity index (χ1v) is 14.6. The molecular weight excluding hydrogens is 555 g/mol. The lowest BCUT2D eigenvalue weighted by Gasteiger charge is -2.33. The largest absolute Gasteiger partial charge is 0.352 e. The first-order chi connectivity index (χ1) is 17.7. The molecule has 0 fully saturated rings. The maximum atomic E-state index is 13.8. The van der Waals surface area contributed by atoms with Crippen LogP contribution < -0.4 is 9.62 Å². The molecule has 10 nitrogen and oxygen atoms in total. The normalized spacial score (nSPS) is 12.9. The molecule has 0 heterocycles. The Kier molecular flexibility index (Phi) is 10.9. The Morgan fingerprint density at radius 2 is 1.74 bits per heavy atom. The van der Waals surface area contributed by atoms with Crippen LogP contribution in [-0.4, -0.2) is 54.9 Å². The molecule has 0 aliphatic rings. The van der Waals surface area contributed by atoms with E-state index >= 15 is 0 Å². The van der Waals surface area contributed by atoms with Gasteiger partial charge < -0.3 is 10.2 Å². The average molecular weight is 588 g/mol. The zero-order valence-corrected chi connectivity index (χ0v) is 24.2. The molecule has 2 amide bonds. The van der Waals surface area contributed by atoms with Crippen LogP contribution in [-0.2, 0) is 26.2 Å². The maximum absolute atomic E-state index is 13.8. The van der Waals surface area contributed by atoms with Crippen molar-refractivity contribution in [3.05, 3.63) is 67.7 Å². The number of benzene rings is 2. The monoisotopic (exact) mass is 586 g/mol. The molecule has 0 radical (unpaired) electrons. The molecular formula is C25H32Cl2N4O6S.